The van der Waals surface area contributed by atoms with Crippen LogP contribution in [0.2, 0.25) is 0 Å². The standard InChI is InChI=1S/C18H21FIN3OS/c1-10-14(9-23-6-5-13(21)8-23)18(25-17(10)11(2)24)22-16-4-3-12(20)7-15(16)19/h3-4,7,13,22H,5-6,8-9,21H2,1-2H3/t13-/m1/s1. The molecule has 1 aromatic carbocycles. The van der Waals surface area contributed by atoms with Crippen LogP contribution in [0.5, 0.6) is 0 Å². The van der Waals surface area contributed by atoms with Crippen molar-refractivity contribution in [2.24, 2.45) is 5.73 Å². The molecule has 1 atom stereocenters. The third kappa shape index (κ3) is 4.21. The first-order chi connectivity index (χ1) is 11.8. The maximum Gasteiger partial charge on any atom is 0.170 e. The van der Waals surface area contributed by atoms with E-state index in [4.69, 9.17) is 5.73 Å². The van der Waals surface area contributed by atoms with E-state index in [2.05, 4.69) is 32.8 Å². The number of hydrogen-bond donors (Lipinski definition) is 2. The molecule has 0 spiro atoms. The Morgan fingerprint density at radius 2 is 2.28 bits per heavy atom. The Balaban J connectivity index is 1.93. The summed E-state index contributed by atoms with van der Waals surface area (Å²) in [5.41, 5.74) is 8.47. The van der Waals surface area contributed by atoms with E-state index in [1.54, 1.807) is 13.0 Å². The molecule has 0 bridgehead atoms. The third-order valence-corrected chi connectivity index (χ3v) is 6.48. The highest BCUT2D eigenvalue weighted by Gasteiger charge is 2.24. The fraction of sp³-hybridized carbons (Fsp3) is 0.389. The Morgan fingerprint density at radius 1 is 1.52 bits per heavy atom. The Kier molecular flexibility index (Phi) is 5.77. The molecule has 1 aliphatic heterocycles. The molecule has 4 nitrogen and oxygen atoms in total. The Morgan fingerprint density at radius 3 is 2.88 bits per heavy atom. The number of anilines is 2. The first kappa shape index (κ1) is 18.8. The first-order valence-corrected chi connectivity index (χ1v) is 10.1. The summed E-state index contributed by atoms with van der Waals surface area (Å²) in [5.74, 6) is -0.255. The SMILES string of the molecule is CC(=O)c1sc(Nc2ccc(I)cc2F)c(CN2CC[C@@H](N)C2)c1C. The number of hydrogen-bond acceptors (Lipinski definition) is 5. The van der Waals surface area contributed by atoms with Crippen LogP contribution in [0.15, 0.2) is 18.2 Å². The Labute approximate surface area is 164 Å². The smallest absolute Gasteiger partial charge is 0.170 e. The van der Waals surface area contributed by atoms with Crippen molar-refractivity contribution in [3.05, 3.63) is 43.6 Å². The van der Waals surface area contributed by atoms with Gasteiger partial charge < -0.3 is 11.1 Å². The van der Waals surface area contributed by atoms with Gasteiger partial charge in [0.05, 0.1) is 15.6 Å². The van der Waals surface area contributed by atoms with E-state index >= 15 is 0 Å². The van der Waals surface area contributed by atoms with Crippen molar-refractivity contribution < 1.29 is 9.18 Å². The summed E-state index contributed by atoms with van der Waals surface area (Å²) < 4.78 is 15.1. The van der Waals surface area contributed by atoms with Gasteiger partial charge in [0.25, 0.3) is 0 Å². The van der Waals surface area contributed by atoms with Crippen molar-refractivity contribution in [2.75, 3.05) is 18.4 Å². The fourth-order valence-corrected chi connectivity index (χ4v) is 4.70. The summed E-state index contributed by atoms with van der Waals surface area (Å²) in [6.07, 6.45) is 0.983. The number of ketones is 1. The lowest BCUT2D eigenvalue weighted by Gasteiger charge is -2.17. The highest BCUT2D eigenvalue weighted by Crippen LogP contribution is 2.37. The predicted octanol–water partition coefficient (Wildman–Crippen LogP) is 4.28. The van der Waals surface area contributed by atoms with Gasteiger partial charge >= 0.3 is 0 Å². The van der Waals surface area contributed by atoms with Crippen molar-refractivity contribution in [3.63, 3.8) is 0 Å². The highest BCUT2D eigenvalue weighted by molar-refractivity contribution is 14.1. The molecule has 1 saturated heterocycles. The second kappa shape index (κ2) is 7.69. The van der Waals surface area contributed by atoms with Crippen molar-refractivity contribution >= 4 is 50.4 Å². The molecule has 0 amide bonds. The summed E-state index contributed by atoms with van der Waals surface area (Å²) in [5, 5.41) is 4.04. The van der Waals surface area contributed by atoms with Crippen LogP contribution in [-0.2, 0) is 6.54 Å². The van der Waals surface area contributed by atoms with Gasteiger partial charge in [0.1, 0.15) is 5.82 Å². The van der Waals surface area contributed by atoms with Crippen LogP contribution in [0.3, 0.4) is 0 Å². The number of rotatable bonds is 5. The topological polar surface area (TPSA) is 58.4 Å². The van der Waals surface area contributed by atoms with Gasteiger partial charge in [-0.25, -0.2) is 4.39 Å². The molecule has 2 aromatic rings. The van der Waals surface area contributed by atoms with Gasteiger partial charge in [0, 0.05) is 34.8 Å². The van der Waals surface area contributed by atoms with Gasteiger partial charge in [0.15, 0.2) is 5.78 Å². The molecule has 7 heteroatoms. The van der Waals surface area contributed by atoms with Crippen LogP contribution in [-0.4, -0.2) is 29.8 Å². The van der Waals surface area contributed by atoms with Gasteiger partial charge in [-0.15, -0.1) is 11.3 Å². The Hall–Kier alpha value is -1.03. The highest BCUT2D eigenvalue weighted by atomic mass is 127. The van der Waals surface area contributed by atoms with Crippen LogP contribution in [0, 0.1) is 16.3 Å². The molecule has 1 aliphatic rings. The lowest BCUT2D eigenvalue weighted by molar-refractivity contribution is 0.102. The zero-order chi connectivity index (χ0) is 18.1. The number of nitrogens with two attached hydrogens (primary N) is 1. The molecule has 0 saturated carbocycles. The van der Waals surface area contributed by atoms with Crippen molar-refractivity contribution in [2.45, 2.75) is 32.9 Å². The number of nitrogens with one attached hydrogen (secondary N) is 1. The van der Waals surface area contributed by atoms with Crippen molar-refractivity contribution in [1.82, 2.24) is 4.90 Å². The minimum Gasteiger partial charge on any atom is -0.345 e. The zero-order valence-corrected chi connectivity index (χ0v) is 17.2. The molecule has 1 aromatic heterocycles. The normalized spacial score (nSPS) is 17.9. The van der Waals surface area contributed by atoms with E-state index in [0.717, 1.165) is 50.6 Å². The molecule has 134 valence electrons. The van der Waals surface area contributed by atoms with Crippen molar-refractivity contribution in [3.8, 4) is 0 Å². The van der Waals surface area contributed by atoms with E-state index in [1.165, 1.54) is 17.4 Å². The molecular weight excluding hydrogens is 452 g/mol. The second-order valence-corrected chi connectivity index (χ2v) is 8.72. The largest absolute Gasteiger partial charge is 0.345 e. The van der Waals surface area contributed by atoms with Gasteiger partial charge in [-0.3, -0.25) is 9.69 Å². The number of carbonyl (C=O) groups excluding carboxylic acids is 1. The van der Waals surface area contributed by atoms with Crippen LogP contribution in [0.1, 0.15) is 34.1 Å². The van der Waals surface area contributed by atoms with Gasteiger partial charge in [-0.05, 0) is 66.6 Å². The lowest BCUT2D eigenvalue weighted by atomic mass is 10.1. The average molecular weight is 473 g/mol. The molecule has 0 unspecified atom stereocenters. The number of nitrogens with zero attached hydrogens (tertiary/aromatic N) is 1. The number of likely N-dealkylation sites (tertiary alicyclic amines) is 1. The van der Waals surface area contributed by atoms with Crippen LogP contribution >= 0.6 is 33.9 Å². The van der Waals surface area contributed by atoms with Crippen LogP contribution in [0.25, 0.3) is 0 Å². The summed E-state index contributed by atoms with van der Waals surface area (Å²) in [6, 6.07) is 5.29. The van der Waals surface area contributed by atoms with Gasteiger partial charge in [-0.2, -0.15) is 0 Å². The molecule has 0 radical (unpaired) electrons. The predicted molar refractivity (Wildman–Crippen MR) is 109 cm³/mol. The number of benzene rings is 1. The van der Waals surface area contributed by atoms with E-state index in [0.29, 0.717) is 5.69 Å². The fourth-order valence-electron chi connectivity index (χ4n) is 3.12. The van der Waals surface area contributed by atoms with Crippen LogP contribution in [0.4, 0.5) is 15.1 Å². The van der Waals surface area contributed by atoms with Gasteiger partial charge in [0.2, 0.25) is 0 Å². The summed E-state index contributed by atoms with van der Waals surface area (Å²) in [6.45, 7) is 6.06. The first-order valence-electron chi connectivity index (χ1n) is 8.18. The van der Waals surface area contributed by atoms with Gasteiger partial charge in [-0.1, -0.05) is 0 Å². The van der Waals surface area contributed by atoms with Crippen molar-refractivity contribution in [1.29, 1.82) is 0 Å². The zero-order valence-electron chi connectivity index (χ0n) is 14.2. The van der Waals surface area contributed by atoms with E-state index < -0.39 is 0 Å². The maximum atomic E-state index is 14.2. The third-order valence-electron chi connectivity index (χ3n) is 4.46. The minimum absolute atomic E-state index is 0.0398. The molecule has 3 rings (SSSR count). The van der Waals surface area contributed by atoms with E-state index in [1.807, 2.05) is 13.0 Å². The molecule has 0 aliphatic carbocycles. The number of Topliss-reactive ketones (excluding diaryl/α,β-unsaturated/α-hetero) is 1. The maximum absolute atomic E-state index is 14.2. The molecule has 3 N–H and O–H groups in total. The molecule has 2 heterocycles. The summed E-state index contributed by atoms with van der Waals surface area (Å²) in [7, 11) is 0. The number of thiophene rings is 1. The van der Waals surface area contributed by atoms with E-state index in [9.17, 15) is 9.18 Å². The molecule has 1 fully saturated rings. The number of carbonyl (C=O) groups is 1. The minimum atomic E-state index is -0.295. The molecular formula is C18H21FIN3OS. The second-order valence-electron chi connectivity index (χ2n) is 6.45. The monoisotopic (exact) mass is 473 g/mol. The molecule has 25 heavy (non-hydrogen) atoms. The quantitative estimate of drug-likeness (QED) is 0.503. The summed E-state index contributed by atoms with van der Waals surface area (Å²) >= 11 is 3.48. The van der Waals surface area contributed by atoms with E-state index in [-0.39, 0.29) is 17.6 Å². The summed E-state index contributed by atoms with van der Waals surface area (Å²) in [4.78, 5) is 15.0. The Bertz CT molecular complexity index is 808. The van der Waals surface area contributed by atoms with Crippen LogP contribution < -0.4 is 11.1 Å². The average Bonchev–Trinajstić information content (AvgIpc) is 3.08. The number of halogens is 2. The lowest BCUT2D eigenvalue weighted by Crippen LogP contribution is -2.26.